The van der Waals surface area contributed by atoms with Gasteiger partial charge >= 0.3 is 0 Å². The molecule has 12 aromatic rings. The normalized spacial score (nSPS) is 11.5. The van der Waals surface area contributed by atoms with E-state index in [1.54, 1.807) is 0 Å². The number of hydrogen-bond donors (Lipinski definition) is 0. The number of benzene rings is 10. The van der Waals surface area contributed by atoms with Crippen molar-refractivity contribution < 1.29 is 4.42 Å². The molecule has 4 heteroatoms. The Morgan fingerprint density at radius 3 is 1.60 bits per heavy atom. The lowest BCUT2D eigenvalue weighted by Crippen LogP contribution is -2.10. The van der Waals surface area contributed by atoms with Crippen LogP contribution in [0.5, 0.6) is 0 Å². The van der Waals surface area contributed by atoms with Crippen LogP contribution in [-0.4, -0.2) is 9.97 Å². The Kier molecular flexibility index (Phi) is 8.46. The lowest BCUT2D eigenvalue weighted by molar-refractivity contribution is 0.669. The third-order valence-electron chi connectivity index (χ3n) is 12.0. The molecule has 0 atom stereocenters. The van der Waals surface area contributed by atoms with E-state index in [1.807, 2.05) is 12.1 Å². The number of anilines is 3. The number of rotatable bonds is 7. The quantitative estimate of drug-likeness (QED) is 0.161. The molecule has 0 N–H and O–H groups in total. The minimum absolute atomic E-state index is 0.659. The first kappa shape index (κ1) is 35.6. The first-order valence-electron chi connectivity index (χ1n) is 21.0. The average Bonchev–Trinajstić information content (AvgIpc) is 3.71. The summed E-state index contributed by atoms with van der Waals surface area (Å²) in [5, 5.41) is 7.79. The van der Waals surface area contributed by atoms with Crippen molar-refractivity contribution in [1.29, 1.82) is 0 Å². The largest absolute Gasteiger partial charge is 0.456 e. The Bertz CT molecular complexity index is 3620. The first-order valence-corrected chi connectivity index (χ1v) is 21.0. The molecule has 0 aliphatic heterocycles. The number of aromatic nitrogens is 2. The molecule has 0 saturated heterocycles. The van der Waals surface area contributed by atoms with Crippen molar-refractivity contribution in [2.24, 2.45) is 0 Å². The summed E-state index contributed by atoms with van der Waals surface area (Å²) < 4.78 is 6.72. The van der Waals surface area contributed by atoms with Crippen LogP contribution in [0.15, 0.2) is 229 Å². The molecule has 4 nitrogen and oxygen atoms in total. The average molecular weight is 792 g/mol. The maximum Gasteiger partial charge on any atom is 0.160 e. The van der Waals surface area contributed by atoms with E-state index in [-0.39, 0.29) is 0 Å². The second-order valence-electron chi connectivity index (χ2n) is 15.8. The molecule has 0 saturated carbocycles. The number of hydrogen-bond acceptors (Lipinski definition) is 4. The second kappa shape index (κ2) is 14.7. The third-order valence-corrected chi connectivity index (χ3v) is 12.0. The molecule has 0 unspecified atom stereocenters. The van der Waals surface area contributed by atoms with Crippen molar-refractivity contribution in [1.82, 2.24) is 9.97 Å². The zero-order valence-corrected chi connectivity index (χ0v) is 33.6. The van der Waals surface area contributed by atoms with Gasteiger partial charge in [-0.1, -0.05) is 146 Å². The maximum atomic E-state index is 6.72. The van der Waals surface area contributed by atoms with Gasteiger partial charge in [-0.25, -0.2) is 9.97 Å². The van der Waals surface area contributed by atoms with Gasteiger partial charge in [-0.05, 0) is 123 Å². The van der Waals surface area contributed by atoms with Crippen molar-refractivity contribution in [3.8, 4) is 44.9 Å². The third kappa shape index (κ3) is 6.25. The predicted octanol–water partition coefficient (Wildman–Crippen LogP) is 16.0. The van der Waals surface area contributed by atoms with Gasteiger partial charge in [0, 0.05) is 44.3 Å². The fourth-order valence-corrected chi connectivity index (χ4v) is 8.94. The van der Waals surface area contributed by atoms with Gasteiger partial charge in [-0.2, -0.15) is 0 Å². The van der Waals surface area contributed by atoms with Crippen LogP contribution in [0.2, 0.25) is 0 Å². The SMILES string of the molecule is c1ccc(-c2ccc(N(c3ccc(-c4nc(-c5cc(-c6ccccc6)cc6oc7cc8ccccc8cc7c56)c5ccccc5n4)cc3)c3ccc4ccccc4c3)cc2)cc1. The standard InChI is InChI=1S/C58H37N3O/c1-3-13-38(14-4-1)41-23-28-47(29-24-41)61(49-32-25-40-17-7-8-18-43(40)33-49)48-30-26-42(27-31-48)58-59-53-22-12-11-21-50(53)57(60-58)52-35-46(39-15-5-2-6-16-39)37-55-56(52)51-34-44-19-9-10-20-45(44)36-54(51)62-55/h1-37H. The Labute approximate surface area is 358 Å². The minimum atomic E-state index is 0.659. The Morgan fingerprint density at radius 1 is 0.339 bits per heavy atom. The van der Waals surface area contributed by atoms with Crippen LogP contribution in [0.4, 0.5) is 17.1 Å². The molecule has 12 rings (SSSR count). The number of fused-ring (bicyclic) bond motifs is 6. The summed E-state index contributed by atoms with van der Waals surface area (Å²) in [6, 6.07) is 79.3. The highest BCUT2D eigenvalue weighted by atomic mass is 16.3. The van der Waals surface area contributed by atoms with Crippen LogP contribution in [-0.2, 0) is 0 Å². The molecule has 0 spiro atoms. The van der Waals surface area contributed by atoms with Crippen molar-refractivity contribution in [3.63, 3.8) is 0 Å². The van der Waals surface area contributed by atoms with Crippen LogP contribution in [0.25, 0.3) is 99.3 Å². The summed E-state index contributed by atoms with van der Waals surface area (Å²) in [6.07, 6.45) is 0. The summed E-state index contributed by atoms with van der Waals surface area (Å²) in [7, 11) is 0. The lowest BCUT2D eigenvalue weighted by atomic mass is 9.94. The highest BCUT2D eigenvalue weighted by molar-refractivity contribution is 6.18. The highest BCUT2D eigenvalue weighted by Gasteiger charge is 2.21. The fourth-order valence-electron chi connectivity index (χ4n) is 8.94. The number of furan rings is 1. The van der Waals surface area contributed by atoms with Crippen LogP contribution in [0.1, 0.15) is 0 Å². The van der Waals surface area contributed by atoms with E-state index in [0.29, 0.717) is 5.82 Å². The second-order valence-corrected chi connectivity index (χ2v) is 15.8. The van der Waals surface area contributed by atoms with Gasteiger partial charge in [-0.15, -0.1) is 0 Å². The molecule has 2 aromatic heterocycles. The number of nitrogens with zero attached hydrogens (tertiary/aromatic N) is 3. The Balaban J connectivity index is 1.02. The summed E-state index contributed by atoms with van der Waals surface area (Å²) in [6.45, 7) is 0. The van der Waals surface area contributed by atoms with E-state index in [4.69, 9.17) is 14.4 Å². The summed E-state index contributed by atoms with van der Waals surface area (Å²) in [4.78, 5) is 13.0. The summed E-state index contributed by atoms with van der Waals surface area (Å²) >= 11 is 0. The molecule has 10 aromatic carbocycles. The van der Waals surface area contributed by atoms with Gasteiger partial charge in [0.1, 0.15) is 11.2 Å². The van der Waals surface area contributed by atoms with Crippen molar-refractivity contribution in [3.05, 3.63) is 224 Å². The molecule has 0 fully saturated rings. The Hall–Kier alpha value is -8.34. The van der Waals surface area contributed by atoms with Gasteiger partial charge in [-0.3, -0.25) is 0 Å². The van der Waals surface area contributed by atoms with E-state index >= 15 is 0 Å². The van der Waals surface area contributed by atoms with Crippen LogP contribution < -0.4 is 4.90 Å². The Morgan fingerprint density at radius 2 is 0.887 bits per heavy atom. The molecule has 0 aliphatic carbocycles. The van der Waals surface area contributed by atoms with Crippen LogP contribution in [0, 0.1) is 0 Å². The topological polar surface area (TPSA) is 42.2 Å². The lowest BCUT2D eigenvalue weighted by Gasteiger charge is -2.26. The molecule has 2 heterocycles. The van der Waals surface area contributed by atoms with Gasteiger partial charge in [0.2, 0.25) is 0 Å². The van der Waals surface area contributed by atoms with Gasteiger partial charge in [0.25, 0.3) is 0 Å². The van der Waals surface area contributed by atoms with Crippen LogP contribution >= 0.6 is 0 Å². The van der Waals surface area contributed by atoms with E-state index < -0.39 is 0 Å². The molecule has 62 heavy (non-hydrogen) atoms. The fraction of sp³-hybridized carbons (Fsp3) is 0. The van der Waals surface area contributed by atoms with E-state index in [9.17, 15) is 0 Å². The molecule has 0 bridgehead atoms. The van der Waals surface area contributed by atoms with E-state index in [0.717, 1.165) is 83.2 Å². The maximum absolute atomic E-state index is 6.72. The highest BCUT2D eigenvalue weighted by Crippen LogP contribution is 2.44. The molecule has 0 amide bonds. The van der Waals surface area contributed by atoms with Gasteiger partial charge < -0.3 is 9.32 Å². The number of para-hydroxylation sites is 1. The summed E-state index contributed by atoms with van der Waals surface area (Å²) in [5.74, 6) is 0.659. The van der Waals surface area contributed by atoms with E-state index in [1.165, 1.54) is 27.3 Å². The zero-order chi connectivity index (χ0) is 41.0. The monoisotopic (exact) mass is 791 g/mol. The summed E-state index contributed by atoms with van der Waals surface area (Å²) in [5.41, 5.74) is 13.1. The minimum Gasteiger partial charge on any atom is -0.456 e. The molecule has 0 aliphatic rings. The smallest absolute Gasteiger partial charge is 0.160 e. The predicted molar refractivity (Wildman–Crippen MR) is 258 cm³/mol. The van der Waals surface area contributed by atoms with Crippen LogP contribution in [0.3, 0.4) is 0 Å². The molecular weight excluding hydrogens is 755 g/mol. The first-order chi connectivity index (χ1) is 30.7. The zero-order valence-electron chi connectivity index (χ0n) is 33.6. The van der Waals surface area contributed by atoms with E-state index in [2.05, 4.69) is 217 Å². The molecule has 290 valence electrons. The van der Waals surface area contributed by atoms with Crippen molar-refractivity contribution in [2.75, 3.05) is 4.90 Å². The molecular formula is C58H37N3O. The van der Waals surface area contributed by atoms with Gasteiger partial charge in [0.05, 0.1) is 11.2 Å². The molecule has 0 radical (unpaired) electrons. The van der Waals surface area contributed by atoms with Gasteiger partial charge in [0.15, 0.2) is 5.82 Å². The van der Waals surface area contributed by atoms with Crippen molar-refractivity contribution in [2.45, 2.75) is 0 Å². The van der Waals surface area contributed by atoms with Crippen molar-refractivity contribution >= 4 is 71.4 Å².